The third kappa shape index (κ3) is 4.40. The van der Waals surface area contributed by atoms with Crippen molar-refractivity contribution >= 4 is 17.4 Å². The molecule has 9 nitrogen and oxygen atoms in total. The molecule has 9 heteroatoms. The second-order valence-corrected chi connectivity index (χ2v) is 7.41. The molecule has 2 saturated heterocycles. The normalized spacial score (nSPS) is 19.2. The highest BCUT2D eigenvalue weighted by atomic mass is 16.6. The van der Waals surface area contributed by atoms with Crippen molar-refractivity contribution in [2.45, 2.75) is 39.0 Å². The number of carbonyl (C=O) groups is 1. The maximum Gasteiger partial charge on any atom is 0.334 e. The second kappa shape index (κ2) is 8.69. The molecule has 0 saturated carbocycles. The minimum atomic E-state index is -0.323. The number of nitrogens with zero attached hydrogens (tertiary/aromatic N) is 6. The summed E-state index contributed by atoms with van der Waals surface area (Å²) in [7, 11) is 1.76. The van der Waals surface area contributed by atoms with Crippen LogP contribution in [0.3, 0.4) is 0 Å². The molecule has 3 rings (SSSR count). The predicted octanol–water partition coefficient (Wildman–Crippen LogP) is 1.42. The van der Waals surface area contributed by atoms with Crippen LogP contribution >= 0.6 is 0 Å². The van der Waals surface area contributed by atoms with Gasteiger partial charge >= 0.3 is 5.69 Å². The minimum Gasteiger partial charge on any atom is -0.349 e. The van der Waals surface area contributed by atoms with Gasteiger partial charge in [0, 0.05) is 46.3 Å². The molecule has 27 heavy (non-hydrogen) atoms. The van der Waals surface area contributed by atoms with Crippen LogP contribution in [0.1, 0.15) is 38.3 Å². The molecule has 3 heterocycles. The first-order valence-corrected chi connectivity index (χ1v) is 9.96. The molecule has 0 aliphatic carbocycles. The van der Waals surface area contributed by atoms with E-state index in [0.717, 1.165) is 39.0 Å². The maximum absolute atomic E-state index is 12.6. The zero-order valence-corrected chi connectivity index (χ0v) is 16.4. The number of hydrogen-bond donors (Lipinski definition) is 0. The molecule has 0 atom stereocenters. The molecule has 0 unspecified atom stereocenters. The largest absolute Gasteiger partial charge is 0.349 e. The molecule has 150 valence electrons. The lowest BCUT2D eigenvalue weighted by Gasteiger charge is -2.35. The van der Waals surface area contributed by atoms with Gasteiger partial charge in [0.15, 0.2) is 0 Å². The molecule has 0 bridgehead atoms. The number of nitro groups is 1. The van der Waals surface area contributed by atoms with Crippen LogP contribution in [-0.2, 0) is 18.3 Å². The smallest absolute Gasteiger partial charge is 0.334 e. The van der Waals surface area contributed by atoms with Gasteiger partial charge in [-0.05, 0) is 19.3 Å². The summed E-state index contributed by atoms with van der Waals surface area (Å²) >= 11 is 0. The number of amides is 1. The van der Waals surface area contributed by atoms with Crippen LogP contribution in [0.15, 0.2) is 0 Å². The van der Waals surface area contributed by atoms with Crippen LogP contribution in [0.2, 0.25) is 0 Å². The first-order chi connectivity index (χ1) is 13.0. The highest BCUT2D eigenvalue weighted by Crippen LogP contribution is 2.32. The highest BCUT2D eigenvalue weighted by Gasteiger charge is 2.32. The summed E-state index contributed by atoms with van der Waals surface area (Å²) in [4.78, 5) is 30.0. The molecule has 1 amide bonds. The lowest BCUT2D eigenvalue weighted by molar-refractivity contribution is -0.384. The SMILES string of the molecule is CCc1nn(C)c(N2CCN(CC(=O)N3CCCCCC3)CC2)c1[N+](=O)[O-]. The Morgan fingerprint density at radius 1 is 1.07 bits per heavy atom. The van der Waals surface area contributed by atoms with E-state index in [2.05, 4.69) is 10.00 Å². The average Bonchev–Trinajstić information content (AvgIpc) is 2.82. The van der Waals surface area contributed by atoms with Crippen molar-refractivity contribution in [2.75, 3.05) is 50.7 Å². The number of anilines is 1. The van der Waals surface area contributed by atoms with Gasteiger partial charge in [-0.25, -0.2) is 4.68 Å². The zero-order chi connectivity index (χ0) is 19.4. The number of aryl methyl sites for hydroxylation is 2. The van der Waals surface area contributed by atoms with E-state index < -0.39 is 0 Å². The van der Waals surface area contributed by atoms with E-state index in [1.807, 2.05) is 16.7 Å². The quantitative estimate of drug-likeness (QED) is 0.569. The Kier molecular flexibility index (Phi) is 6.30. The summed E-state index contributed by atoms with van der Waals surface area (Å²) in [6.07, 6.45) is 5.17. The molecular weight excluding hydrogens is 348 g/mol. The summed E-state index contributed by atoms with van der Waals surface area (Å²) in [6.45, 7) is 6.85. The fraction of sp³-hybridized carbons (Fsp3) is 0.778. The van der Waals surface area contributed by atoms with Crippen molar-refractivity contribution in [1.82, 2.24) is 19.6 Å². The Bertz CT molecular complexity index is 673. The average molecular weight is 378 g/mol. The van der Waals surface area contributed by atoms with Crippen molar-refractivity contribution in [3.05, 3.63) is 15.8 Å². The number of likely N-dealkylation sites (tertiary alicyclic amines) is 1. The van der Waals surface area contributed by atoms with E-state index in [9.17, 15) is 14.9 Å². The molecule has 0 aromatic carbocycles. The third-order valence-corrected chi connectivity index (χ3v) is 5.57. The molecule has 0 spiro atoms. The van der Waals surface area contributed by atoms with Crippen LogP contribution < -0.4 is 4.90 Å². The lowest BCUT2D eigenvalue weighted by atomic mass is 10.2. The molecule has 0 radical (unpaired) electrons. The summed E-state index contributed by atoms with van der Waals surface area (Å²) in [5.41, 5.74) is 0.644. The molecule has 0 N–H and O–H groups in total. The second-order valence-electron chi connectivity index (χ2n) is 7.41. The fourth-order valence-corrected chi connectivity index (χ4v) is 4.07. The number of piperazine rings is 1. The predicted molar refractivity (Wildman–Crippen MR) is 103 cm³/mol. The van der Waals surface area contributed by atoms with Gasteiger partial charge < -0.3 is 9.80 Å². The van der Waals surface area contributed by atoms with Crippen molar-refractivity contribution in [3.8, 4) is 0 Å². The van der Waals surface area contributed by atoms with Gasteiger partial charge in [-0.1, -0.05) is 19.8 Å². The van der Waals surface area contributed by atoms with E-state index >= 15 is 0 Å². The number of rotatable bonds is 5. The zero-order valence-electron chi connectivity index (χ0n) is 16.4. The van der Waals surface area contributed by atoms with Crippen LogP contribution in [0, 0.1) is 10.1 Å². The standard InChI is InChI=1S/C18H30N6O3/c1-3-15-17(24(26)27)18(20(2)19-15)23-12-10-21(11-13-23)14-16(25)22-8-6-4-5-7-9-22/h3-14H2,1-2H3. The molecule has 2 fully saturated rings. The van der Waals surface area contributed by atoms with Crippen molar-refractivity contribution in [3.63, 3.8) is 0 Å². The van der Waals surface area contributed by atoms with Crippen LogP contribution in [-0.4, -0.2) is 76.2 Å². The van der Waals surface area contributed by atoms with Gasteiger partial charge in [-0.15, -0.1) is 0 Å². The Hall–Kier alpha value is -2.16. The topological polar surface area (TPSA) is 87.8 Å². The van der Waals surface area contributed by atoms with Gasteiger partial charge in [0.05, 0.1) is 11.5 Å². The molecule has 2 aliphatic rings. The third-order valence-electron chi connectivity index (χ3n) is 5.57. The van der Waals surface area contributed by atoms with Gasteiger partial charge in [0.25, 0.3) is 0 Å². The van der Waals surface area contributed by atoms with E-state index in [1.54, 1.807) is 11.7 Å². The first-order valence-electron chi connectivity index (χ1n) is 9.96. The lowest BCUT2D eigenvalue weighted by Crippen LogP contribution is -2.50. The summed E-state index contributed by atoms with van der Waals surface area (Å²) < 4.78 is 1.62. The summed E-state index contributed by atoms with van der Waals surface area (Å²) in [5, 5.41) is 15.9. The van der Waals surface area contributed by atoms with Crippen LogP contribution in [0.4, 0.5) is 11.5 Å². The van der Waals surface area contributed by atoms with Crippen molar-refractivity contribution in [2.24, 2.45) is 7.05 Å². The van der Waals surface area contributed by atoms with Crippen LogP contribution in [0.25, 0.3) is 0 Å². The van der Waals surface area contributed by atoms with Gasteiger partial charge in [-0.3, -0.25) is 19.8 Å². The fourth-order valence-electron chi connectivity index (χ4n) is 4.07. The van der Waals surface area contributed by atoms with Crippen molar-refractivity contribution in [1.29, 1.82) is 0 Å². The Labute approximate surface area is 160 Å². The minimum absolute atomic E-state index is 0.120. The molecule has 1 aromatic heterocycles. The Morgan fingerprint density at radius 2 is 1.70 bits per heavy atom. The maximum atomic E-state index is 12.6. The van der Waals surface area contributed by atoms with Crippen molar-refractivity contribution < 1.29 is 9.72 Å². The van der Waals surface area contributed by atoms with Gasteiger partial charge in [0.2, 0.25) is 11.7 Å². The van der Waals surface area contributed by atoms with Gasteiger partial charge in [0.1, 0.15) is 5.69 Å². The van der Waals surface area contributed by atoms with E-state index in [-0.39, 0.29) is 16.5 Å². The Morgan fingerprint density at radius 3 is 2.26 bits per heavy atom. The Balaban J connectivity index is 1.60. The number of aromatic nitrogens is 2. The molecular formula is C18H30N6O3. The van der Waals surface area contributed by atoms with Gasteiger partial charge in [-0.2, -0.15) is 5.10 Å². The monoisotopic (exact) mass is 378 g/mol. The van der Waals surface area contributed by atoms with E-state index in [4.69, 9.17) is 0 Å². The molecule has 2 aliphatic heterocycles. The summed E-state index contributed by atoms with van der Waals surface area (Å²) in [6, 6.07) is 0. The first kappa shape index (κ1) is 19.6. The number of carbonyl (C=O) groups excluding carboxylic acids is 1. The highest BCUT2D eigenvalue weighted by molar-refractivity contribution is 5.78. The summed E-state index contributed by atoms with van der Waals surface area (Å²) in [5.74, 6) is 0.792. The number of hydrogen-bond acceptors (Lipinski definition) is 6. The van der Waals surface area contributed by atoms with Crippen LogP contribution in [0.5, 0.6) is 0 Å². The van der Waals surface area contributed by atoms with E-state index in [0.29, 0.717) is 37.6 Å². The molecule has 1 aromatic rings. The van der Waals surface area contributed by atoms with E-state index in [1.165, 1.54) is 12.8 Å².